The highest BCUT2D eigenvalue weighted by atomic mass is 16.2. The lowest BCUT2D eigenvalue weighted by Gasteiger charge is -2.21. The number of rotatable bonds is 16. The highest BCUT2D eigenvalue weighted by molar-refractivity contribution is 5.94. The van der Waals surface area contributed by atoms with Gasteiger partial charge in [-0.25, -0.2) is 0 Å². The lowest BCUT2D eigenvalue weighted by Crippen LogP contribution is -2.35. The molecule has 42 heavy (non-hydrogen) atoms. The highest BCUT2D eigenvalue weighted by Gasteiger charge is 2.18. The Kier molecular flexibility index (Phi) is 16.3. The minimum atomic E-state index is -0.0101. The third kappa shape index (κ3) is 11.8. The highest BCUT2D eigenvalue weighted by Crippen LogP contribution is 2.24. The molecule has 3 rings (SSSR count). The topological polar surface area (TPSA) is 92.3 Å². The van der Waals surface area contributed by atoms with Crippen LogP contribution in [0.25, 0.3) is 0 Å². The molecule has 2 aromatic rings. The number of hydrogen-bond donors (Lipinski definition) is 3. The summed E-state index contributed by atoms with van der Waals surface area (Å²) in [5.41, 5.74) is 4.54. The molecule has 0 atom stereocenters. The number of unbranched alkanes of at least 4 members (excludes halogenated alkanes) is 2. The first kappa shape index (κ1) is 34.8. The van der Waals surface area contributed by atoms with E-state index in [0.29, 0.717) is 31.6 Å². The van der Waals surface area contributed by atoms with E-state index in [1.54, 1.807) is 4.90 Å². The maximum Gasteiger partial charge on any atom is 0.253 e. The smallest absolute Gasteiger partial charge is 0.253 e. The Hall–Kier alpha value is -3.43. The molecule has 2 aromatic carbocycles. The number of amides is 2. The number of nitrogens with one attached hydrogen (secondary N) is 3. The van der Waals surface area contributed by atoms with Crippen LogP contribution < -0.4 is 16.0 Å². The molecule has 3 N–H and O–H groups in total. The number of para-hydroxylation sites is 2. The fourth-order valence-electron chi connectivity index (χ4n) is 4.77. The van der Waals surface area contributed by atoms with Gasteiger partial charge in [0, 0.05) is 70.5 Å². The number of hydrogen-bond acceptors (Lipinski definition) is 7. The predicted molar refractivity (Wildman–Crippen MR) is 177 cm³/mol. The maximum atomic E-state index is 13.2. The molecule has 0 aliphatic carbocycles. The Morgan fingerprint density at radius 1 is 1.05 bits per heavy atom. The van der Waals surface area contributed by atoms with Crippen molar-refractivity contribution >= 4 is 35.6 Å². The van der Waals surface area contributed by atoms with Crippen LogP contribution in [0.5, 0.6) is 0 Å². The summed E-state index contributed by atoms with van der Waals surface area (Å²) in [6.07, 6.45) is 3.74. The van der Waals surface area contributed by atoms with Crippen LogP contribution >= 0.6 is 0 Å². The van der Waals surface area contributed by atoms with Gasteiger partial charge in [-0.1, -0.05) is 39.3 Å². The van der Waals surface area contributed by atoms with Gasteiger partial charge in [0.25, 0.3) is 5.91 Å². The number of anilines is 2. The van der Waals surface area contributed by atoms with Crippen LogP contribution in [0, 0.1) is 0 Å². The molecule has 9 heteroatoms. The van der Waals surface area contributed by atoms with Gasteiger partial charge in [-0.15, -0.1) is 0 Å². The van der Waals surface area contributed by atoms with Crippen LogP contribution in [0.15, 0.2) is 47.5 Å². The zero-order valence-electron chi connectivity index (χ0n) is 26.5. The number of nitrogens with zero attached hydrogens (tertiary/aromatic N) is 4. The van der Waals surface area contributed by atoms with E-state index in [2.05, 4.69) is 51.4 Å². The van der Waals surface area contributed by atoms with Crippen LogP contribution in [0.3, 0.4) is 0 Å². The standard InChI is InChI=1S/C31H47N7O2.C2H6/c1-5-36(3)19-10-6-7-13-30(39)35-18-22-38-21-17-33-27-15-14-25(23-26(27)24-38)31(40)37(4)20-16-34-29-12-9-8-11-28(29)32-2;1-2/h8-9,11-12,14-15,23,33-34H,2,5-7,10,13,16-22,24H2,1,3-4H3,(H,35,39);1-2H3. The first-order valence-corrected chi connectivity index (χ1v) is 15.5. The van der Waals surface area contributed by atoms with E-state index in [1.807, 2.05) is 63.4 Å². The summed E-state index contributed by atoms with van der Waals surface area (Å²) in [7, 11) is 3.95. The molecular weight excluding hydrogens is 526 g/mol. The largest absolute Gasteiger partial charge is 0.383 e. The SMILES string of the molecule is C=Nc1ccccc1NCCN(C)C(=O)c1ccc2c(c1)CN(CCNC(=O)CCCCCN(C)CC)CCN2.CC. The normalized spacial score (nSPS) is 12.7. The van der Waals surface area contributed by atoms with E-state index in [1.165, 1.54) is 0 Å². The molecule has 0 unspecified atom stereocenters. The second-order valence-corrected chi connectivity index (χ2v) is 10.5. The van der Waals surface area contributed by atoms with Crippen molar-refractivity contribution in [3.63, 3.8) is 0 Å². The van der Waals surface area contributed by atoms with Gasteiger partial charge in [0.1, 0.15) is 0 Å². The van der Waals surface area contributed by atoms with Crippen molar-refractivity contribution < 1.29 is 9.59 Å². The summed E-state index contributed by atoms with van der Waals surface area (Å²) in [6, 6.07) is 13.6. The first-order valence-electron chi connectivity index (χ1n) is 15.5. The Morgan fingerprint density at radius 3 is 2.60 bits per heavy atom. The van der Waals surface area contributed by atoms with E-state index >= 15 is 0 Å². The van der Waals surface area contributed by atoms with Crippen molar-refractivity contribution in [3.05, 3.63) is 53.6 Å². The molecule has 0 bridgehead atoms. The van der Waals surface area contributed by atoms with Gasteiger partial charge in [0.05, 0.1) is 11.4 Å². The quantitative estimate of drug-likeness (QED) is 0.190. The van der Waals surface area contributed by atoms with E-state index < -0.39 is 0 Å². The first-order chi connectivity index (χ1) is 20.4. The van der Waals surface area contributed by atoms with E-state index in [0.717, 1.165) is 81.2 Å². The molecule has 0 saturated heterocycles. The van der Waals surface area contributed by atoms with Crippen molar-refractivity contribution in [1.82, 2.24) is 20.0 Å². The Labute approximate surface area is 253 Å². The number of benzene rings is 2. The third-order valence-electron chi connectivity index (χ3n) is 7.41. The van der Waals surface area contributed by atoms with Crippen LogP contribution in [-0.2, 0) is 11.3 Å². The van der Waals surface area contributed by atoms with Crippen molar-refractivity contribution in [3.8, 4) is 0 Å². The molecular formula is C33H53N7O2. The number of aliphatic imine (C=N–C) groups is 1. The van der Waals surface area contributed by atoms with Crippen molar-refractivity contribution in [2.45, 2.75) is 53.0 Å². The van der Waals surface area contributed by atoms with Gasteiger partial charge in [0.2, 0.25) is 5.91 Å². The van der Waals surface area contributed by atoms with Gasteiger partial charge >= 0.3 is 0 Å². The molecule has 1 aliphatic rings. The third-order valence-corrected chi connectivity index (χ3v) is 7.41. The summed E-state index contributed by atoms with van der Waals surface area (Å²) < 4.78 is 0. The second kappa shape index (κ2) is 19.6. The summed E-state index contributed by atoms with van der Waals surface area (Å²) in [5.74, 6) is 0.121. The van der Waals surface area contributed by atoms with Gasteiger partial charge in [0.15, 0.2) is 0 Å². The number of carbonyl (C=O) groups excluding carboxylic acids is 2. The molecule has 2 amide bonds. The minimum Gasteiger partial charge on any atom is -0.383 e. The molecule has 1 aliphatic heterocycles. The van der Waals surface area contributed by atoms with Crippen LogP contribution in [0.2, 0.25) is 0 Å². The van der Waals surface area contributed by atoms with Crippen LogP contribution in [-0.4, -0.2) is 99.7 Å². The molecule has 0 spiro atoms. The average molecular weight is 580 g/mol. The monoisotopic (exact) mass is 579 g/mol. The second-order valence-electron chi connectivity index (χ2n) is 10.5. The van der Waals surface area contributed by atoms with E-state index in [9.17, 15) is 9.59 Å². The summed E-state index contributed by atoms with van der Waals surface area (Å²) >= 11 is 0. The molecule has 0 aromatic heterocycles. The molecule has 0 saturated carbocycles. The lowest BCUT2D eigenvalue weighted by atomic mass is 10.1. The zero-order chi connectivity index (χ0) is 30.7. The Morgan fingerprint density at radius 2 is 1.83 bits per heavy atom. The zero-order valence-corrected chi connectivity index (χ0v) is 26.5. The number of carbonyl (C=O) groups is 2. The Balaban J connectivity index is 0.00000301. The fraction of sp³-hybridized carbons (Fsp3) is 0.545. The van der Waals surface area contributed by atoms with Crippen molar-refractivity contribution in [2.75, 3.05) is 77.1 Å². The minimum absolute atomic E-state index is 0.0101. The van der Waals surface area contributed by atoms with Gasteiger partial charge in [-0.05, 0) is 75.6 Å². The molecule has 9 nitrogen and oxygen atoms in total. The van der Waals surface area contributed by atoms with Gasteiger partial charge in [-0.3, -0.25) is 19.5 Å². The Bertz CT molecular complexity index is 1110. The predicted octanol–water partition coefficient (Wildman–Crippen LogP) is 5.08. The van der Waals surface area contributed by atoms with Crippen molar-refractivity contribution in [1.29, 1.82) is 0 Å². The molecule has 0 radical (unpaired) electrons. The van der Waals surface area contributed by atoms with Crippen LogP contribution in [0.4, 0.5) is 17.1 Å². The number of fused-ring (bicyclic) bond motifs is 1. The van der Waals surface area contributed by atoms with Gasteiger partial charge < -0.3 is 25.8 Å². The fourth-order valence-corrected chi connectivity index (χ4v) is 4.77. The average Bonchev–Trinajstić information content (AvgIpc) is 3.22. The maximum absolute atomic E-state index is 13.2. The van der Waals surface area contributed by atoms with Crippen molar-refractivity contribution in [2.24, 2.45) is 4.99 Å². The summed E-state index contributed by atoms with van der Waals surface area (Å²) in [6.45, 7) is 16.9. The number of likely N-dealkylation sites (N-methyl/N-ethyl adjacent to an activating group) is 1. The van der Waals surface area contributed by atoms with E-state index in [-0.39, 0.29) is 11.8 Å². The summed E-state index contributed by atoms with van der Waals surface area (Å²) in [4.78, 5) is 35.8. The lowest BCUT2D eigenvalue weighted by molar-refractivity contribution is -0.121. The van der Waals surface area contributed by atoms with Gasteiger partial charge in [-0.2, -0.15) is 0 Å². The van der Waals surface area contributed by atoms with Crippen LogP contribution in [0.1, 0.15) is 62.4 Å². The molecule has 1 heterocycles. The summed E-state index contributed by atoms with van der Waals surface area (Å²) in [5, 5.41) is 9.90. The van der Waals surface area contributed by atoms with E-state index in [4.69, 9.17) is 0 Å². The molecule has 0 fully saturated rings. The molecule has 232 valence electrons.